The maximum atomic E-state index is 13.1. The van der Waals surface area contributed by atoms with Crippen molar-refractivity contribution in [2.45, 2.75) is 57.7 Å². The van der Waals surface area contributed by atoms with Gasteiger partial charge in [-0.2, -0.15) is 0 Å². The third-order valence-corrected chi connectivity index (χ3v) is 5.71. The average molecular weight is 429 g/mol. The van der Waals surface area contributed by atoms with Gasteiger partial charge < -0.3 is 15.0 Å². The first-order chi connectivity index (χ1) is 14.6. The van der Waals surface area contributed by atoms with Crippen LogP contribution in [0.4, 0.5) is 0 Å². The molecule has 1 aliphatic carbocycles. The van der Waals surface area contributed by atoms with Crippen molar-refractivity contribution in [1.82, 2.24) is 10.2 Å². The van der Waals surface area contributed by atoms with Crippen LogP contribution >= 0.6 is 11.6 Å². The van der Waals surface area contributed by atoms with E-state index in [1.54, 1.807) is 29.2 Å². The molecule has 0 radical (unpaired) electrons. The number of nitrogens with zero attached hydrogens (tertiary/aromatic N) is 1. The van der Waals surface area contributed by atoms with Gasteiger partial charge in [0, 0.05) is 17.6 Å². The highest BCUT2D eigenvalue weighted by molar-refractivity contribution is 6.30. The first kappa shape index (κ1) is 22.2. The van der Waals surface area contributed by atoms with Crippen LogP contribution in [-0.2, 0) is 16.1 Å². The molecule has 0 spiro atoms. The fraction of sp³-hybridized carbons (Fsp3) is 0.417. The quantitative estimate of drug-likeness (QED) is 0.635. The van der Waals surface area contributed by atoms with Gasteiger partial charge in [-0.05, 0) is 49.1 Å². The lowest BCUT2D eigenvalue weighted by Crippen LogP contribution is -2.52. The maximum absolute atomic E-state index is 13.1. The summed E-state index contributed by atoms with van der Waals surface area (Å²) in [5, 5.41) is 3.75. The molecule has 1 aliphatic rings. The second-order valence-corrected chi connectivity index (χ2v) is 8.10. The van der Waals surface area contributed by atoms with Crippen LogP contribution in [0.25, 0.3) is 0 Å². The monoisotopic (exact) mass is 428 g/mol. The van der Waals surface area contributed by atoms with Crippen molar-refractivity contribution in [1.29, 1.82) is 0 Å². The molecule has 1 saturated carbocycles. The van der Waals surface area contributed by atoms with Crippen LogP contribution in [0.5, 0.6) is 5.75 Å². The third-order valence-electron chi connectivity index (χ3n) is 5.46. The minimum Gasteiger partial charge on any atom is -0.484 e. The molecule has 3 rings (SSSR count). The smallest absolute Gasteiger partial charge is 0.261 e. The van der Waals surface area contributed by atoms with Crippen LogP contribution in [-0.4, -0.2) is 35.4 Å². The number of amides is 2. The zero-order chi connectivity index (χ0) is 21.3. The molecule has 5 nitrogen and oxygen atoms in total. The molecule has 2 amide bonds. The summed E-state index contributed by atoms with van der Waals surface area (Å²) in [6.07, 6.45) is 4.84. The first-order valence-corrected chi connectivity index (χ1v) is 11.0. The summed E-state index contributed by atoms with van der Waals surface area (Å²) in [7, 11) is 0. The lowest BCUT2D eigenvalue weighted by atomic mass is 10.1. The Labute approximate surface area is 183 Å². The third kappa shape index (κ3) is 6.23. The molecule has 0 aliphatic heterocycles. The zero-order valence-electron chi connectivity index (χ0n) is 17.4. The summed E-state index contributed by atoms with van der Waals surface area (Å²) in [5.74, 6) is 0.262. The van der Waals surface area contributed by atoms with Crippen molar-refractivity contribution in [2.75, 3.05) is 6.61 Å². The van der Waals surface area contributed by atoms with Gasteiger partial charge >= 0.3 is 0 Å². The van der Waals surface area contributed by atoms with Crippen molar-refractivity contribution in [3.05, 3.63) is 65.2 Å². The average Bonchev–Trinajstić information content (AvgIpc) is 3.26. The number of hydrogen-bond acceptors (Lipinski definition) is 3. The minimum atomic E-state index is -0.535. The molecule has 1 atom stereocenters. The molecular weight excluding hydrogens is 400 g/mol. The topological polar surface area (TPSA) is 58.6 Å². The van der Waals surface area contributed by atoms with Gasteiger partial charge in [0.2, 0.25) is 5.91 Å². The van der Waals surface area contributed by atoms with Gasteiger partial charge in [-0.3, -0.25) is 9.59 Å². The molecule has 2 aromatic rings. The van der Waals surface area contributed by atoms with E-state index >= 15 is 0 Å². The molecule has 0 aromatic heterocycles. The van der Waals surface area contributed by atoms with Crippen LogP contribution in [0.2, 0.25) is 5.02 Å². The van der Waals surface area contributed by atoms with Gasteiger partial charge in [0.05, 0.1) is 0 Å². The Morgan fingerprint density at radius 2 is 1.77 bits per heavy atom. The standard InChI is InChI=1S/C24H29ClN2O3/c1-2-22(24(29)26-20-10-6-7-11-20)27(16-18-8-4-3-5-9-18)23(28)17-30-21-14-12-19(25)13-15-21/h3-5,8-9,12-15,20,22H,2,6-7,10-11,16-17H2,1H3,(H,26,29)/t22-/m1/s1. The van der Waals surface area contributed by atoms with Gasteiger partial charge in [0.1, 0.15) is 11.8 Å². The predicted molar refractivity (Wildman–Crippen MR) is 118 cm³/mol. The van der Waals surface area contributed by atoms with E-state index in [9.17, 15) is 9.59 Å². The van der Waals surface area contributed by atoms with Gasteiger partial charge in [0.15, 0.2) is 6.61 Å². The van der Waals surface area contributed by atoms with E-state index in [0.717, 1.165) is 31.2 Å². The van der Waals surface area contributed by atoms with Gasteiger partial charge in [0.25, 0.3) is 5.91 Å². The zero-order valence-corrected chi connectivity index (χ0v) is 18.1. The maximum Gasteiger partial charge on any atom is 0.261 e. The molecule has 0 bridgehead atoms. The first-order valence-electron chi connectivity index (χ1n) is 10.6. The Balaban J connectivity index is 1.72. The highest BCUT2D eigenvalue weighted by Gasteiger charge is 2.30. The summed E-state index contributed by atoms with van der Waals surface area (Å²) in [5.41, 5.74) is 0.976. The van der Waals surface area contributed by atoms with Crippen molar-refractivity contribution in [3.63, 3.8) is 0 Å². The Kier molecular flexibility index (Phi) is 8.14. The van der Waals surface area contributed by atoms with Crippen molar-refractivity contribution in [3.8, 4) is 5.75 Å². The number of nitrogens with one attached hydrogen (secondary N) is 1. The molecule has 1 N–H and O–H groups in total. The molecule has 2 aromatic carbocycles. The SMILES string of the molecule is CC[C@H](C(=O)NC1CCCC1)N(Cc1ccccc1)C(=O)COc1ccc(Cl)cc1. The summed E-state index contributed by atoms with van der Waals surface area (Å²) in [6.45, 7) is 2.16. The van der Waals surface area contributed by atoms with Crippen LogP contribution in [0, 0.1) is 0 Å². The minimum absolute atomic E-state index is 0.0832. The van der Waals surface area contributed by atoms with E-state index in [1.165, 1.54) is 0 Å². The molecule has 1 fully saturated rings. The van der Waals surface area contributed by atoms with E-state index in [0.29, 0.717) is 23.7 Å². The Morgan fingerprint density at radius 3 is 2.40 bits per heavy atom. The largest absolute Gasteiger partial charge is 0.484 e. The second-order valence-electron chi connectivity index (χ2n) is 7.66. The van der Waals surface area contributed by atoms with Gasteiger partial charge in [-0.25, -0.2) is 0 Å². The number of ether oxygens (including phenoxy) is 1. The molecular formula is C24H29ClN2O3. The van der Waals surface area contributed by atoms with E-state index in [4.69, 9.17) is 16.3 Å². The normalized spacial score (nSPS) is 14.9. The highest BCUT2D eigenvalue weighted by Crippen LogP contribution is 2.20. The highest BCUT2D eigenvalue weighted by atomic mass is 35.5. The number of carbonyl (C=O) groups excluding carboxylic acids is 2. The molecule has 0 unspecified atom stereocenters. The number of benzene rings is 2. The fourth-order valence-corrected chi connectivity index (χ4v) is 3.95. The Morgan fingerprint density at radius 1 is 1.10 bits per heavy atom. The second kappa shape index (κ2) is 11.0. The fourth-order valence-electron chi connectivity index (χ4n) is 3.83. The van der Waals surface area contributed by atoms with Crippen molar-refractivity contribution >= 4 is 23.4 Å². The van der Waals surface area contributed by atoms with E-state index in [1.807, 2.05) is 37.3 Å². The van der Waals surface area contributed by atoms with Crippen LogP contribution in [0.3, 0.4) is 0 Å². The number of hydrogen-bond donors (Lipinski definition) is 1. The molecule has 160 valence electrons. The molecule has 0 saturated heterocycles. The lowest BCUT2D eigenvalue weighted by Gasteiger charge is -2.31. The molecule has 30 heavy (non-hydrogen) atoms. The molecule has 0 heterocycles. The lowest BCUT2D eigenvalue weighted by molar-refractivity contribution is -0.143. The van der Waals surface area contributed by atoms with Crippen LogP contribution < -0.4 is 10.1 Å². The summed E-state index contributed by atoms with van der Waals surface area (Å²) in [6, 6.07) is 16.3. The number of rotatable bonds is 9. The summed E-state index contributed by atoms with van der Waals surface area (Å²) >= 11 is 5.90. The van der Waals surface area contributed by atoms with Crippen LogP contribution in [0.1, 0.15) is 44.6 Å². The predicted octanol–water partition coefficient (Wildman–Crippen LogP) is 4.59. The van der Waals surface area contributed by atoms with E-state index in [-0.39, 0.29) is 24.5 Å². The van der Waals surface area contributed by atoms with Crippen molar-refractivity contribution < 1.29 is 14.3 Å². The van der Waals surface area contributed by atoms with Crippen molar-refractivity contribution in [2.24, 2.45) is 0 Å². The Hall–Kier alpha value is -2.53. The number of halogens is 1. The van der Waals surface area contributed by atoms with E-state index < -0.39 is 6.04 Å². The van der Waals surface area contributed by atoms with E-state index in [2.05, 4.69) is 5.32 Å². The summed E-state index contributed by atoms with van der Waals surface area (Å²) < 4.78 is 5.67. The van der Waals surface area contributed by atoms with Gasteiger partial charge in [-0.15, -0.1) is 0 Å². The number of carbonyl (C=O) groups is 2. The summed E-state index contributed by atoms with van der Waals surface area (Å²) in [4.78, 5) is 27.8. The van der Waals surface area contributed by atoms with Crippen LogP contribution in [0.15, 0.2) is 54.6 Å². The Bertz CT molecular complexity index is 820. The molecule has 6 heteroatoms. The van der Waals surface area contributed by atoms with Gasteiger partial charge in [-0.1, -0.05) is 61.7 Å².